The minimum atomic E-state index is -1.39. The first-order chi connectivity index (χ1) is 25.9. The highest BCUT2D eigenvalue weighted by Crippen LogP contribution is 2.44. The Hall–Kier alpha value is -5.44. The summed E-state index contributed by atoms with van der Waals surface area (Å²) < 4.78 is 0. The zero-order chi connectivity index (χ0) is 38.4. The summed E-state index contributed by atoms with van der Waals surface area (Å²) in [4.78, 5) is 94.9. The van der Waals surface area contributed by atoms with E-state index in [0.29, 0.717) is 47.8 Å². The van der Waals surface area contributed by atoms with Crippen LogP contribution in [-0.4, -0.2) is 97.7 Å². The Morgan fingerprint density at radius 2 is 1.78 bits per heavy atom. The first-order valence-corrected chi connectivity index (χ1v) is 18.6. The highest BCUT2D eigenvalue weighted by atomic mass is 35.5. The lowest BCUT2D eigenvalue weighted by Crippen LogP contribution is -2.55. The fraction of sp³-hybridized carbons (Fsp3) is 0.447. The molecule has 2 aromatic heterocycles. The predicted molar refractivity (Wildman–Crippen MR) is 196 cm³/mol. The molecule has 15 nitrogen and oxygen atoms in total. The summed E-state index contributed by atoms with van der Waals surface area (Å²) >= 11 is 6.12. The molecule has 5 amide bonds. The molecule has 2 saturated heterocycles. The number of hydrogen-bond donors (Lipinski definition) is 5. The number of carboxylic acids is 1. The number of aromatic nitrogens is 3. The molecular formula is C38H43ClN8O7. The fourth-order valence-electron chi connectivity index (χ4n) is 7.31. The Kier molecular flexibility index (Phi) is 11.8. The number of fused-ring (bicyclic) bond motifs is 1. The van der Waals surface area contributed by atoms with Crippen molar-refractivity contribution in [2.45, 2.75) is 94.3 Å². The van der Waals surface area contributed by atoms with Gasteiger partial charge in [-0.25, -0.2) is 14.8 Å². The summed E-state index contributed by atoms with van der Waals surface area (Å²) in [5.74, 6) is -3.45. The van der Waals surface area contributed by atoms with Crippen LogP contribution < -0.4 is 21.3 Å². The van der Waals surface area contributed by atoms with Crippen LogP contribution in [0.4, 0.5) is 0 Å². The molecule has 0 unspecified atom stereocenters. The lowest BCUT2D eigenvalue weighted by Gasteiger charge is -2.41. The van der Waals surface area contributed by atoms with Gasteiger partial charge < -0.3 is 31.3 Å². The average Bonchev–Trinajstić information content (AvgIpc) is 3.56. The zero-order valence-electron chi connectivity index (χ0n) is 29.8. The predicted octanol–water partition coefficient (Wildman–Crippen LogP) is 2.46. The molecule has 0 bridgehead atoms. The molecule has 284 valence electrons. The van der Waals surface area contributed by atoms with Gasteiger partial charge in [0.15, 0.2) is 5.82 Å². The van der Waals surface area contributed by atoms with E-state index < -0.39 is 53.3 Å². The van der Waals surface area contributed by atoms with Crippen LogP contribution in [0.25, 0.3) is 11.4 Å². The normalized spacial score (nSPS) is 23.4. The largest absolute Gasteiger partial charge is 0.480 e. The van der Waals surface area contributed by atoms with E-state index in [1.54, 1.807) is 43.6 Å². The number of carbonyl (C=O) groups is 6. The van der Waals surface area contributed by atoms with Gasteiger partial charge >= 0.3 is 5.97 Å². The molecule has 5 N–H and O–H groups in total. The highest BCUT2D eigenvalue weighted by molar-refractivity contribution is 6.30. The number of carbonyl (C=O) groups excluding carboxylic acids is 5. The Labute approximate surface area is 317 Å². The summed E-state index contributed by atoms with van der Waals surface area (Å²) in [5, 5.41) is 21.6. The van der Waals surface area contributed by atoms with Crippen molar-refractivity contribution in [1.29, 1.82) is 0 Å². The van der Waals surface area contributed by atoms with Crippen LogP contribution in [0.1, 0.15) is 79.4 Å². The highest BCUT2D eigenvalue weighted by Gasteiger charge is 2.49. The lowest BCUT2D eigenvalue weighted by atomic mass is 9.63. The summed E-state index contributed by atoms with van der Waals surface area (Å²) in [6.45, 7) is 1.88. The van der Waals surface area contributed by atoms with Crippen LogP contribution in [0.2, 0.25) is 5.02 Å². The lowest BCUT2D eigenvalue weighted by molar-refractivity contribution is -0.144. The molecule has 16 heteroatoms. The molecule has 54 heavy (non-hydrogen) atoms. The Bertz CT molecular complexity index is 1910. The number of rotatable bonds is 7. The number of benzene rings is 1. The molecule has 0 spiro atoms. The third-order valence-corrected chi connectivity index (χ3v) is 10.8. The Balaban J connectivity index is 1.26. The average molecular weight is 759 g/mol. The molecule has 6 rings (SSSR count). The standard InChI is InChI=1S/C38H43ClN8O7/c1-22-27(20-42-32(43-22)23-6-4-16-40-19-23)33(49)45-28-7-2-3-17-41-31(48)13-12-29(36(52)53)46-34(50)30-18-26(21-47(30)35(28)51)44-37(54)38(14-5-15-38)24-8-10-25(39)11-9-24/h4,6,8-11,16,19-20,26,28-30H,2-3,5,7,12-15,17-18,21H2,1H3,(H,41,48)(H,44,54)(H,45,49)(H,46,50)(H,52,53)/t26-,28+,29+,30+/m1/s1. The fourth-order valence-corrected chi connectivity index (χ4v) is 7.44. The molecular weight excluding hydrogens is 716 g/mol. The van der Waals surface area contributed by atoms with Crippen molar-refractivity contribution in [3.05, 3.63) is 76.8 Å². The van der Waals surface area contributed by atoms with Crippen LogP contribution in [0, 0.1) is 6.92 Å². The number of carboxylic acid groups (broad SMARTS) is 1. The molecule has 0 radical (unpaired) electrons. The molecule has 2 aliphatic heterocycles. The third-order valence-electron chi connectivity index (χ3n) is 10.5. The van der Waals surface area contributed by atoms with Gasteiger partial charge in [-0.05, 0) is 81.7 Å². The van der Waals surface area contributed by atoms with E-state index >= 15 is 0 Å². The number of aliphatic carboxylic acids is 1. The number of nitrogens with zero attached hydrogens (tertiary/aromatic N) is 4. The van der Waals surface area contributed by atoms with Crippen LogP contribution in [0.15, 0.2) is 55.0 Å². The summed E-state index contributed by atoms with van der Waals surface area (Å²) in [7, 11) is 0. The molecule has 1 aromatic carbocycles. The molecule has 1 saturated carbocycles. The van der Waals surface area contributed by atoms with Gasteiger partial charge in [0.1, 0.15) is 18.1 Å². The van der Waals surface area contributed by atoms with E-state index in [1.807, 2.05) is 12.1 Å². The Morgan fingerprint density at radius 1 is 1.00 bits per heavy atom. The van der Waals surface area contributed by atoms with E-state index in [4.69, 9.17) is 11.6 Å². The first kappa shape index (κ1) is 38.3. The van der Waals surface area contributed by atoms with Crippen molar-refractivity contribution < 1.29 is 33.9 Å². The van der Waals surface area contributed by atoms with Crippen molar-refractivity contribution in [3.8, 4) is 11.4 Å². The zero-order valence-corrected chi connectivity index (χ0v) is 30.6. The summed E-state index contributed by atoms with van der Waals surface area (Å²) in [6, 6.07) is 6.35. The second kappa shape index (κ2) is 16.7. The van der Waals surface area contributed by atoms with Crippen molar-refractivity contribution in [3.63, 3.8) is 0 Å². The SMILES string of the molecule is Cc1nc(-c2cccnc2)ncc1C(=O)N[C@H]1CCCCNC(=O)CC[C@@H](C(=O)O)NC(=O)[C@@H]2C[C@@H](NC(=O)C3(c4ccc(Cl)cc4)CCC3)CN2C1=O. The monoisotopic (exact) mass is 758 g/mol. The molecule has 4 atom stereocenters. The first-order valence-electron chi connectivity index (χ1n) is 18.2. The van der Waals surface area contributed by atoms with Gasteiger partial charge in [0, 0.05) is 54.7 Å². The van der Waals surface area contributed by atoms with Crippen molar-refractivity contribution in [2.75, 3.05) is 13.1 Å². The number of halogens is 1. The van der Waals surface area contributed by atoms with Crippen molar-refractivity contribution in [1.82, 2.24) is 41.1 Å². The van der Waals surface area contributed by atoms with Crippen LogP contribution >= 0.6 is 11.6 Å². The van der Waals surface area contributed by atoms with E-state index in [2.05, 4.69) is 36.2 Å². The second-order valence-electron chi connectivity index (χ2n) is 14.1. The molecule has 3 aromatic rings. The van der Waals surface area contributed by atoms with Crippen LogP contribution in [-0.2, 0) is 29.4 Å². The number of hydrogen-bond acceptors (Lipinski definition) is 9. The number of amides is 5. The Morgan fingerprint density at radius 3 is 2.44 bits per heavy atom. The van der Waals surface area contributed by atoms with Crippen LogP contribution in [0.3, 0.4) is 0 Å². The van der Waals surface area contributed by atoms with Crippen molar-refractivity contribution >= 4 is 47.1 Å². The number of aryl methyl sites for hydroxylation is 1. The molecule has 4 heterocycles. The quantitative estimate of drug-likeness (QED) is 0.238. The van der Waals surface area contributed by atoms with Gasteiger partial charge in [0.25, 0.3) is 5.91 Å². The molecule has 3 fully saturated rings. The van der Waals surface area contributed by atoms with Gasteiger partial charge in [-0.15, -0.1) is 0 Å². The maximum Gasteiger partial charge on any atom is 0.326 e. The van der Waals surface area contributed by atoms with E-state index in [0.717, 1.165) is 12.0 Å². The van der Waals surface area contributed by atoms with Crippen LogP contribution in [0.5, 0.6) is 0 Å². The van der Waals surface area contributed by atoms with E-state index in [1.165, 1.54) is 11.1 Å². The third kappa shape index (κ3) is 8.51. The molecule has 3 aliphatic rings. The maximum absolute atomic E-state index is 14.5. The maximum atomic E-state index is 14.5. The van der Waals surface area contributed by atoms with Crippen molar-refractivity contribution in [2.24, 2.45) is 0 Å². The van der Waals surface area contributed by atoms with Gasteiger partial charge in [-0.1, -0.05) is 30.2 Å². The minimum Gasteiger partial charge on any atom is -0.480 e. The second-order valence-corrected chi connectivity index (χ2v) is 14.5. The van der Waals surface area contributed by atoms with Gasteiger partial charge in [-0.2, -0.15) is 0 Å². The van der Waals surface area contributed by atoms with Gasteiger partial charge in [-0.3, -0.25) is 29.0 Å². The molecule has 1 aliphatic carbocycles. The summed E-state index contributed by atoms with van der Waals surface area (Å²) in [5.41, 5.74) is 1.22. The van der Waals surface area contributed by atoms with Gasteiger partial charge in [0.2, 0.25) is 23.6 Å². The van der Waals surface area contributed by atoms with Gasteiger partial charge in [0.05, 0.1) is 16.7 Å². The summed E-state index contributed by atoms with van der Waals surface area (Å²) in [6.07, 6.45) is 7.50. The number of nitrogens with one attached hydrogen (secondary N) is 4. The topological polar surface area (TPSA) is 213 Å². The minimum absolute atomic E-state index is 0.0102. The van der Waals surface area contributed by atoms with E-state index in [9.17, 15) is 33.9 Å². The number of pyridine rings is 1. The smallest absolute Gasteiger partial charge is 0.326 e. The van der Waals surface area contributed by atoms with E-state index in [-0.39, 0.29) is 56.2 Å².